The van der Waals surface area contributed by atoms with E-state index < -0.39 is 12.2 Å². The van der Waals surface area contributed by atoms with Crippen LogP contribution in [0.2, 0.25) is 0 Å². The van der Waals surface area contributed by atoms with E-state index in [0.29, 0.717) is 12.5 Å². The Morgan fingerprint density at radius 3 is 2.71 bits per heavy atom. The van der Waals surface area contributed by atoms with Crippen LogP contribution in [0.5, 0.6) is 0 Å². The summed E-state index contributed by atoms with van der Waals surface area (Å²) in [5.74, 6) is 0. The number of hydrogen-bond donors (Lipinski definition) is 3. The van der Waals surface area contributed by atoms with E-state index in [0.717, 1.165) is 19.4 Å². The van der Waals surface area contributed by atoms with Crippen molar-refractivity contribution in [3.63, 3.8) is 0 Å². The molecule has 14 heavy (non-hydrogen) atoms. The molecule has 3 N–H and O–H groups in total. The number of nitrogens with zero attached hydrogens (tertiary/aromatic N) is 1. The first-order chi connectivity index (χ1) is 6.74. The molecule has 3 unspecified atom stereocenters. The van der Waals surface area contributed by atoms with Crippen LogP contribution in [0.3, 0.4) is 0 Å². The molecule has 0 radical (unpaired) electrons. The van der Waals surface area contributed by atoms with Crippen molar-refractivity contribution >= 4 is 0 Å². The molecule has 2 saturated heterocycles. The van der Waals surface area contributed by atoms with Crippen LogP contribution < -0.4 is 0 Å². The molecule has 0 aromatic rings. The fraction of sp³-hybridized carbons (Fsp3) is 1.00. The number of hydrogen-bond acceptors (Lipinski definition) is 4. The summed E-state index contributed by atoms with van der Waals surface area (Å²) >= 11 is 0. The first-order valence-electron chi connectivity index (χ1n) is 5.46. The fourth-order valence-electron chi connectivity index (χ4n) is 2.80. The number of fused-ring (bicyclic) bond motifs is 1. The lowest BCUT2D eigenvalue weighted by Gasteiger charge is -2.48. The van der Waals surface area contributed by atoms with Crippen molar-refractivity contribution in [2.45, 2.75) is 50.0 Å². The van der Waals surface area contributed by atoms with Crippen LogP contribution in [0.15, 0.2) is 0 Å². The van der Waals surface area contributed by atoms with E-state index in [1.807, 2.05) is 0 Å². The van der Waals surface area contributed by atoms with E-state index in [2.05, 4.69) is 4.90 Å². The van der Waals surface area contributed by atoms with Gasteiger partial charge in [-0.2, -0.15) is 0 Å². The maximum atomic E-state index is 9.72. The van der Waals surface area contributed by atoms with Crippen LogP contribution in [0.25, 0.3) is 0 Å². The lowest BCUT2D eigenvalue weighted by Crippen LogP contribution is -2.61. The predicted octanol–water partition coefficient (Wildman–Crippen LogP) is -0.673. The number of piperidine rings is 2. The molecule has 0 aliphatic carbocycles. The van der Waals surface area contributed by atoms with Gasteiger partial charge in [-0.25, -0.2) is 0 Å². The van der Waals surface area contributed by atoms with Crippen LogP contribution in [-0.4, -0.2) is 57.7 Å². The molecule has 2 aliphatic heterocycles. The average molecular weight is 201 g/mol. The molecule has 2 rings (SSSR count). The number of aliphatic hydroxyl groups excluding tert-OH is 3. The van der Waals surface area contributed by atoms with Gasteiger partial charge >= 0.3 is 0 Å². The monoisotopic (exact) mass is 201 g/mol. The van der Waals surface area contributed by atoms with E-state index in [1.54, 1.807) is 0 Å². The quantitative estimate of drug-likeness (QED) is 0.526. The molecule has 0 amide bonds. The highest BCUT2D eigenvalue weighted by molar-refractivity contribution is 4.96. The topological polar surface area (TPSA) is 63.9 Å². The Kier molecular flexibility index (Phi) is 3.07. The van der Waals surface area contributed by atoms with Crippen molar-refractivity contribution < 1.29 is 15.3 Å². The lowest BCUT2D eigenvalue weighted by molar-refractivity contribution is -0.120. The largest absolute Gasteiger partial charge is 0.395 e. The standard InChI is InChI=1S/C10H19NO3/c12-6-8-10(14)9(13)5-7-3-1-2-4-11(7)8/h7-10,12-14H,1-6H2/t7?,8?,9?,10-/m0/s1. The molecule has 0 bridgehead atoms. The van der Waals surface area contributed by atoms with E-state index in [9.17, 15) is 15.3 Å². The first kappa shape index (κ1) is 10.4. The van der Waals surface area contributed by atoms with Crippen molar-refractivity contribution in [2.24, 2.45) is 0 Å². The van der Waals surface area contributed by atoms with Gasteiger partial charge in [0.1, 0.15) is 0 Å². The van der Waals surface area contributed by atoms with Gasteiger partial charge in [0.25, 0.3) is 0 Å². The number of aliphatic hydroxyl groups is 3. The third-order valence-corrected chi connectivity index (χ3v) is 3.59. The van der Waals surface area contributed by atoms with Crippen molar-refractivity contribution in [3.8, 4) is 0 Å². The summed E-state index contributed by atoms with van der Waals surface area (Å²) in [6.07, 6.45) is 2.62. The first-order valence-corrected chi connectivity index (χ1v) is 5.46. The zero-order chi connectivity index (χ0) is 10.1. The zero-order valence-corrected chi connectivity index (χ0v) is 8.34. The molecule has 82 valence electrons. The van der Waals surface area contributed by atoms with Gasteiger partial charge in [-0.1, -0.05) is 6.42 Å². The molecule has 2 fully saturated rings. The van der Waals surface area contributed by atoms with Crippen LogP contribution in [-0.2, 0) is 0 Å². The van der Waals surface area contributed by atoms with Crippen LogP contribution >= 0.6 is 0 Å². The maximum absolute atomic E-state index is 9.72. The smallest absolute Gasteiger partial charge is 0.0976 e. The van der Waals surface area contributed by atoms with E-state index in [-0.39, 0.29) is 12.6 Å². The normalized spacial score (nSPS) is 44.8. The van der Waals surface area contributed by atoms with Crippen LogP contribution in [0, 0.1) is 0 Å². The Hall–Kier alpha value is -0.160. The molecule has 2 aliphatic rings. The highest BCUT2D eigenvalue weighted by Crippen LogP contribution is 2.30. The Balaban J connectivity index is 2.10. The van der Waals surface area contributed by atoms with Gasteiger partial charge < -0.3 is 15.3 Å². The number of rotatable bonds is 1. The van der Waals surface area contributed by atoms with Crippen molar-refractivity contribution in [1.29, 1.82) is 0 Å². The lowest BCUT2D eigenvalue weighted by atomic mass is 9.85. The second-order valence-corrected chi connectivity index (χ2v) is 4.43. The molecule has 4 nitrogen and oxygen atoms in total. The molecule has 4 heteroatoms. The van der Waals surface area contributed by atoms with E-state index >= 15 is 0 Å². The van der Waals surface area contributed by atoms with Gasteiger partial charge in [-0.3, -0.25) is 4.90 Å². The summed E-state index contributed by atoms with van der Waals surface area (Å²) < 4.78 is 0. The third kappa shape index (κ3) is 1.67. The molecule has 0 spiro atoms. The highest BCUT2D eigenvalue weighted by atomic mass is 16.3. The predicted molar refractivity (Wildman–Crippen MR) is 51.8 cm³/mol. The summed E-state index contributed by atoms with van der Waals surface area (Å²) in [7, 11) is 0. The highest BCUT2D eigenvalue weighted by Gasteiger charge is 2.41. The van der Waals surface area contributed by atoms with E-state index in [1.165, 1.54) is 6.42 Å². The Morgan fingerprint density at radius 2 is 2.00 bits per heavy atom. The molecule has 2 heterocycles. The average Bonchev–Trinajstić information content (AvgIpc) is 2.20. The van der Waals surface area contributed by atoms with Crippen molar-refractivity contribution in [3.05, 3.63) is 0 Å². The Bertz CT molecular complexity index is 200. The Morgan fingerprint density at radius 1 is 1.21 bits per heavy atom. The second kappa shape index (κ2) is 4.14. The Labute approximate surface area is 84.2 Å². The summed E-state index contributed by atoms with van der Waals surface area (Å²) in [6.45, 7) is 0.883. The van der Waals surface area contributed by atoms with Gasteiger partial charge in [-0.15, -0.1) is 0 Å². The summed E-state index contributed by atoms with van der Waals surface area (Å²) in [6, 6.07) is 0.100. The van der Waals surface area contributed by atoms with Gasteiger partial charge in [-0.05, 0) is 25.8 Å². The summed E-state index contributed by atoms with van der Waals surface area (Å²) in [5.41, 5.74) is 0. The molecular weight excluding hydrogens is 182 g/mol. The minimum Gasteiger partial charge on any atom is -0.395 e. The fourth-order valence-corrected chi connectivity index (χ4v) is 2.80. The van der Waals surface area contributed by atoms with Crippen LogP contribution in [0.1, 0.15) is 25.7 Å². The van der Waals surface area contributed by atoms with Crippen molar-refractivity contribution in [1.82, 2.24) is 4.90 Å². The summed E-state index contributed by atoms with van der Waals surface area (Å²) in [4.78, 5) is 2.17. The van der Waals surface area contributed by atoms with E-state index in [4.69, 9.17) is 0 Å². The van der Waals surface area contributed by atoms with Crippen LogP contribution in [0.4, 0.5) is 0 Å². The molecule has 0 aromatic carbocycles. The second-order valence-electron chi connectivity index (χ2n) is 4.43. The minimum atomic E-state index is -0.783. The molecular formula is C10H19NO3. The molecule has 4 atom stereocenters. The van der Waals surface area contributed by atoms with Gasteiger partial charge in [0, 0.05) is 6.04 Å². The zero-order valence-electron chi connectivity index (χ0n) is 8.34. The minimum absolute atomic E-state index is 0.0608. The molecule has 0 saturated carbocycles. The SMILES string of the molecule is OCC1[C@H](O)C(O)CC2CCCCN21. The summed E-state index contributed by atoms with van der Waals surface area (Å²) in [5, 5.41) is 28.6. The third-order valence-electron chi connectivity index (χ3n) is 3.59. The maximum Gasteiger partial charge on any atom is 0.0976 e. The van der Waals surface area contributed by atoms with Gasteiger partial charge in [0.2, 0.25) is 0 Å². The van der Waals surface area contributed by atoms with Gasteiger partial charge in [0.05, 0.1) is 24.9 Å². The molecule has 0 aromatic heterocycles. The van der Waals surface area contributed by atoms with Gasteiger partial charge in [0.15, 0.2) is 0 Å². The van der Waals surface area contributed by atoms with Crippen molar-refractivity contribution in [2.75, 3.05) is 13.2 Å².